The Hall–Kier alpha value is -2.33. The highest BCUT2D eigenvalue weighted by Crippen LogP contribution is 2.38. The van der Waals surface area contributed by atoms with E-state index < -0.39 is 0 Å². The van der Waals surface area contributed by atoms with Crippen LogP contribution in [0.4, 0.5) is 5.69 Å². The Labute approximate surface area is 165 Å². The summed E-state index contributed by atoms with van der Waals surface area (Å²) in [6.07, 6.45) is 7.78. The van der Waals surface area contributed by atoms with E-state index >= 15 is 0 Å². The van der Waals surface area contributed by atoms with E-state index in [9.17, 15) is 4.79 Å². The first-order valence-corrected chi connectivity index (χ1v) is 10.5. The molecule has 0 N–H and O–H groups in total. The fourth-order valence-electron chi connectivity index (χ4n) is 3.65. The summed E-state index contributed by atoms with van der Waals surface area (Å²) in [5.74, 6) is 0.0992. The number of para-hydroxylation sites is 1. The zero-order chi connectivity index (χ0) is 18.6. The largest absolute Gasteiger partial charge is 0.283 e. The van der Waals surface area contributed by atoms with Crippen LogP contribution in [0, 0.1) is 6.92 Å². The molecule has 0 aromatic heterocycles. The van der Waals surface area contributed by atoms with Crippen LogP contribution in [-0.2, 0) is 4.79 Å². The fourth-order valence-corrected chi connectivity index (χ4v) is 4.71. The normalized spacial score (nSPS) is 21.4. The maximum Gasteiger partial charge on any atom is 0.267 e. The Morgan fingerprint density at radius 3 is 2.41 bits per heavy atom. The summed E-state index contributed by atoms with van der Waals surface area (Å²) in [5, 5.41) is 0.816. The average Bonchev–Trinajstić information content (AvgIpc) is 3.00. The predicted molar refractivity (Wildman–Crippen MR) is 114 cm³/mol. The number of thioether (sulfide) groups is 1. The van der Waals surface area contributed by atoms with Crippen molar-refractivity contribution in [1.29, 1.82) is 0 Å². The first-order chi connectivity index (χ1) is 13.2. The number of amides is 1. The van der Waals surface area contributed by atoms with Gasteiger partial charge in [0, 0.05) is 6.04 Å². The maximum absolute atomic E-state index is 13.2. The molecular formula is C23H24N2OS. The molecule has 3 nitrogen and oxygen atoms in total. The van der Waals surface area contributed by atoms with E-state index in [0.29, 0.717) is 0 Å². The summed E-state index contributed by atoms with van der Waals surface area (Å²) in [6.45, 7) is 2.07. The summed E-state index contributed by atoms with van der Waals surface area (Å²) >= 11 is 1.50. The molecule has 1 heterocycles. The Morgan fingerprint density at radius 1 is 1.00 bits per heavy atom. The quantitative estimate of drug-likeness (QED) is 0.622. The monoisotopic (exact) mass is 376 g/mol. The highest BCUT2D eigenvalue weighted by atomic mass is 32.2. The molecule has 2 aromatic rings. The van der Waals surface area contributed by atoms with Gasteiger partial charge in [-0.05, 0) is 55.3 Å². The molecule has 1 aliphatic heterocycles. The van der Waals surface area contributed by atoms with E-state index in [4.69, 9.17) is 4.99 Å². The van der Waals surface area contributed by atoms with Crippen molar-refractivity contribution in [3.8, 4) is 0 Å². The van der Waals surface area contributed by atoms with Crippen molar-refractivity contribution >= 4 is 34.6 Å². The average molecular weight is 377 g/mol. The topological polar surface area (TPSA) is 32.7 Å². The van der Waals surface area contributed by atoms with Crippen LogP contribution in [0.5, 0.6) is 0 Å². The van der Waals surface area contributed by atoms with E-state index in [0.717, 1.165) is 34.2 Å². The Balaban J connectivity index is 1.68. The number of aryl methyl sites for hydroxylation is 1. The highest BCUT2D eigenvalue weighted by Gasteiger charge is 2.38. The molecule has 2 fully saturated rings. The number of rotatable bonds is 3. The third-order valence-electron chi connectivity index (χ3n) is 5.13. The van der Waals surface area contributed by atoms with E-state index in [2.05, 4.69) is 31.2 Å². The van der Waals surface area contributed by atoms with Gasteiger partial charge < -0.3 is 0 Å². The lowest BCUT2D eigenvalue weighted by Crippen LogP contribution is -2.40. The molecule has 0 bridgehead atoms. The van der Waals surface area contributed by atoms with E-state index in [1.54, 1.807) is 0 Å². The molecule has 0 radical (unpaired) electrons. The molecule has 27 heavy (non-hydrogen) atoms. The zero-order valence-electron chi connectivity index (χ0n) is 15.6. The van der Waals surface area contributed by atoms with Crippen molar-refractivity contribution in [1.82, 2.24) is 4.90 Å². The summed E-state index contributed by atoms with van der Waals surface area (Å²) < 4.78 is 0. The van der Waals surface area contributed by atoms with Gasteiger partial charge in [0.25, 0.3) is 5.91 Å². The molecule has 138 valence electrons. The molecule has 4 heteroatoms. The third kappa shape index (κ3) is 4.16. The number of aliphatic imine (C=N–C) groups is 1. The van der Waals surface area contributed by atoms with Crippen LogP contribution in [0.1, 0.15) is 43.2 Å². The van der Waals surface area contributed by atoms with Gasteiger partial charge in [0.1, 0.15) is 0 Å². The van der Waals surface area contributed by atoms with Gasteiger partial charge in [0.05, 0.1) is 10.6 Å². The Morgan fingerprint density at radius 2 is 1.70 bits per heavy atom. The molecule has 2 aliphatic rings. The van der Waals surface area contributed by atoms with Crippen molar-refractivity contribution in [3.63, 3.8) is 0 Å². The molecule has 0 unspecified atom stereocenters. The van der Waals surface area contributed by atoms with Crippen molar-refractivity contribution in [2.24, 2.45) is 4.99 Å². The lowest BCUT2D eigenvalue weighted by atomic mass is 9.94. The standard InChI is InChI=1S/C23H24N2OS/c1-17-12-14-18(15-13-17)16-21-22(26)25(20-10-6-3-7-11-20)23(27-21)24-19-8-4-2-5-9-19/h2,4-5,8-9,12-16,20H,3,6-7,10-11H2,1H3/b21-16-,24-23?. The minimum absolute atomic E-state index is 0.0992. The number of nitrogens with zero attached hydrogens (tertiary/aromatic N) is 2. The smallest absolute Gasteiger partial charge is 0.267 e. The number of hydrogen-bond acceptors (Lipinski definition) is 3. The molecule has 1 saturated carbocycles. The lowest BCUT2D eigenvalue weighted by molar-refractivity contribution is -0.124. The first-order valence-electron chi connectivity index (χ1n) is 9.64. The second-order valence-corrected chi connectivity index (χ2v) is 8.23. The van der Waals surface area contributed by atoms with Gasteiger partial charge in [-0.2, -0.15) is 0 Å². The number of carbonyl (C=O) groups is 1. The maximum atomic E-state index is 13.2. The highest BCUT2D eigenvalue weighted by molar-refractivity contribution is 8.18. The minimum atomic E-state index is 0.0992. The summed E-state index contributed by atoms with van der Waals surface area (Å²) in [7, 11) is 0. The SMILES string of the molecule is Cc1ccc(/C=C2\SC(=Nc3ccccc3)N(C3CCCCC3)C2=O)cc1. The van der Waals surface area contributed by atoms with E-state index in [1.165, 1.54) is 36.6 Å². The van der Waals surface area contributed by atoms with Gasteiger partial charge >= 0.3 is 0 Å². The van der Waals surface area contributed by atoms with Crippen LogP contribution in [0.25, 0.3) is 6.08 Å². The minimum Gasteiger partial charge on any atom is -0.283 e. The zero-order valence-corrected chi connectivity index (χ0v) is 16.4. The summed E-state index contributed by atoms with van der Waals surface area (Å²) in [6, 6.07) is 18.5. The second-order valence-electron chi connectivity index (χ2n) is 7.22. The van der Waals surface area contributed by atoms with Crippen molar-refractivity contribution in [2.45, 2.75) is 45.1 Å². The van der Waals surface area contributed by atoms with Gasteiger partial charge in [-0.25, -0.2) is 4.99 Å². The summed E-state index contributed by atoms with van der Waals surface area (Å²) in [5.41, 5.74) is 3.17. The molecule has 1 aliphatic carbocycles. The van der Waals surface area contributed by atoms with Crippen LogP contribution >= 0.6 is 11.8 Å². The lowest BCUT2D eigenvalue weighted by Gasteiger charge is -2.30. The Bertz CT molecular complexity index is 865. The van der Waals surface area contributed by atoms with Gasteiger partial charge in [-0.3, -0.25) is 9.69 Å². The third-order valence-corrected chi connectivity index (χ3v) is 6.12. The van der Waals surface area contributed by atoms with Crippen molar-refractivity contribution in [2.75, 3.05) is 0 Å². The van der Waals surface area contributed by atoms with Gasteiger partial charge in [0.15, 0.2) is 5.17 Å². The van der Waals surface area contributed by atoms with E-state index in [1.807, 2.05) is 41.3 Å². The predicted octanol–water partition coefficient (Wildman–Crippen LogP) is 5.93. The summed E-state index contributed by atoms with van der Waals surface area (Å²) in [4.78, 5) is 20.8. The van der Waals surface area contributed by atoms with Crippen molar-refractivity contribution < 1.29 is 4.79 Å². The first kappa shape index (κ1) is 18.1. The van der Waals surface area contributed by atoms with E-state index in [-0.39, 0.29) is 11.9 Å². The molecule has 1 saturated heterocycles. The molecule has 1 amide bonds. The fraction of sp³-hybridized carbons (Fsp3) is 0.304. The molecule has 2 aromatic carbocycles. The number of benzene rings is 2. The Kier molecular flexibility index (Phi) is 5.44. The molecule has 0 spiro atoms. The molecular weight excluding hydrogens is 352 g/mol. The van der Waals surface area contributed by atoms with Gasteiger partial charge in [-0.15, -0.1) is 0 Å². The number of carbonyl (C=O) groups excluding carboxylic acids is 1. The second kappa shape index (κ2) is 8.13. The van der Waals surface area contributed by atoms with Gasteiger partial charge in [-0.1, -0.05) is 67.3 Å². The van der Waals surface area contributed by atoms with Crippen LogP contribution in [0.15, 0.2) is 64.5 Å². The van der Waals surface area contributed by atoms with Gasteiger partial charge in [0.2, 0.25) is 0 Å². The van der Waals surface area contributed by atoms with Crippen LogP contribution in [0.2, 0.25) is 0 Å². The van der Waals surface area contributed by atoms with Crippen LogP contribution in [0.3, 0.4) is 0 Å². The number of hydrogen-bond donors (Lipinski definition) is 0. The molecule has 0 atom stereocenters. The number of amidine groups is 1. The van der Waals surface area contributed by atoms with Crippen LogP contribution < -0.4 is 0 Å². The molecule has 4 rings (SSSR count). The van der Waals surface area contributed by atoms with Crippen molar-refractivity contribution in [3.05, 3.63) is 70.6 Å². The van der Waals surface area contributed by atoms with Crippen LogP contribution in [-0.4, -0.2) is 22.0 Å².